The lowest BCUT2D eigenvalue weighted by Gasteiger charge is -2.27. The van der Waals surface area contributed by atoms with Crippen LogP contribution in [-0.4, -0.2) is 47.3 Å². The summed E-state index contributed by atoms with van der Waals surface area (Å²) in [5.41, 5.74) is 3.13. The molecule has 4 aromatic heterocycles. The predicted molar refractivity (Wildman–Crippen MR) is 118 cm³/mol. The first-order valence-electron chi connectivity index (χ1n) is 10.1. The minimum atomic E-state index is -0.200. The van der Waals surface area contributed by atoms with Gasteiger partial charge in [-0.2, -0.15) is 0 Å². The number of hydrogen-bond donors (Lipinski definition) is 1. The highest BCUT2D eigenvalue weighted by molar-refractivity contribution is 7.13. The molecule has 158 valence electrons. The molecule has 5 rings (SSSR count). The lowest BCUT2D eigenvalue weighted by atomic mass is 10.1. The summed E-state index contributed by atoms with van der Waals surface area (Å²) in [6.07, 6.45) is 1.80. The topological polar surface area (TPSA) is 93.4 Å². The molecule has 0 aromatic carbocycles. The normalized spacial score (nSPS) is 14.2. The van der Waals surface area contributed by atoms with Crippen LogP contribution in [0.1, 0.15) is 21.6 Å². The maximum Gasteiger partial charge on any atom is 0.259 e. The Morgan fingerprint density at radius 1 is 1.26 bits per heavy atom. The van der Waals surface area contributed by atoms with E-state index in [4.69, 9.17) is 9.26 Å². The van der Waals surface area contributed by atoms with Crippen LogP contribution in [0.15, 0.2) is 46.4 Å². The van der Waals surface area contributed by atoms with Crippen LogP contribution in [0.4, 0.5) is 5.82 Å². The van der Waals surface area contributed by atoms with Crippen LogP contribution in [-0.2, 0) is 11.3 Å². The van der Waals surface area contributed by atoms with Crippen molar-refractivity contribution in [3.05, 3.63) is 58.7 Å². The summed E-state index contributed by atoms with van der Waals surface area (Å²) in [6, 6.07) is 9.68. The quantitative estimate of drug-likeness (QED) is 0.513. The number of fused-ring (bicyclic) bond motifs is 1. The lowest BCUT2D eigenvalue weighted by Crippen LogP contribution is -2.36. The Hall–Kier alpha value is -3.30. The van der Waals surface area contributed by atoms with Crippen molar-refractivity contribution in [1.29, 1.82) is 0 Å². The van der Waals surface area contributed by atoms with Crippen molar-refractivity contribution in [2.75, 3.05) is 31.2 Å². The molecule has 1 saturated heterocycles. The van der Waals surface area contributed by atoms with Crippen LogP contribution in [0.3, 0.4) is 0 Å². The second-order valence-corrected chi connectivity index (χ2v) is 8.23. The zero-order valence-corrected chi connectivity index (χ0v) is 17.8. The number of aryl methyl sites for hydroxylation is 1. The number of carbonyl (C=O) groups excluding carboxylic acids is 1. The number of amides is 1. The van der Waals surface area contributed by atoms with Crippen molar-refractivity contribution < 1.29 is 14.1 Å². The zero-order valence-electron chi connectivity index (χ0n) is 17.0. The van der Waals surface area contributed by atoms with E-state index in [1.807, 2.05) is 36.6 Å². The van der Waals surface area contributed by atoms with Gasteiger partial charge in [-0.15, -0.1) is 11.3 Å². The van der Waals surface area contributed by atoms with E-state index in [-0.39, 0.29) is 5.91 Å². The van der Waals surface area contributed by atoms with Gasteiger partial charge >= 0.3 is 0 Å². The van der Waals surface area contributed by atoms with Crippen molar-refractivity contribution in [3.8, 4) is 10.6 Å². The first-order chi connectivity index (χ1) is 15.2. The van der Waals surface area contributed by atoms with E-state index in [2.05, 4.69) is 25.3 Å². The van der Waals surface area contributed by atoms with E-state index in [1.54, 1.807) is 23.6 Å². The van der Waals surface area contributed by atoms with Crippen LogP contribution >= 0.6 is 11.3 Å². The number of thiophene rings is 1. The smallest absolute Gasteiger partial charge is 0.259 e. The third kappa shape index (κ3) is 4.01. The molecule has 0 bridgehead atoms. The Balaban J connectivity index is 1.35. The molecule has 8 nitrogen and oxygen atoms in total. The van der Waals surface area contributed by atoms with Gasteiger partial charge in [-0.25, -0.2) is 9.97 Å². The minimum Gasteiger partial charge on any atom is -0.378 e. The van der Waals surface area contributed by atoms with Crippen LogP contribution in [0.5, 0.6) is 0 Å². The molecule has 0 unspecified atom stereocenters. The Morgan fingerprint density at radius 3 is 2.87 bits per heavy atom. The maximum absolute atomic E-state index is 13.1. The lowest BCUT2D eigenvalue weighted by molar-refractivity contribution is 0.0952. The van der Waals surface area contributed by atoms with Crippen molar-refractivity contribution in [3.63, 3.8) is 0 Å². The standard InChI is InChI=1S/C22H21N5O3S/c1-14-20-16(11-17(18-3-2-10-31-18)25-22(20)30-26-14)21(28)24-13-15-4-5-19(23-12-15)27-6-8-29-9-7-27/h2-5,10-12H,6-9,13H2,1H3,(H,24,28). The van der Waals surface area contributed by atoms with Crippen LogP contribution < -0.4 is 10.2 Å². The van der Waals surface area contributed by atoms with Gasteiger partial charge < -0.3 is 19.5 Å². The molecule has 5 heterocycles. The fourth-order valence-electron chi connectivity index (χ4n) is 3.60. The zero-order chi connectivity index (χ0) is 21.2. The summed E-state index contributed by atoms with van der Waals surface area (Å²) in [7, 11) is 0. The highest BCUT2D eigenvalue weighted by Gasteiger charge is 2.20. The average Bonchev–Trinajstić information content (AvgIpc) is 3.48. The summed E-state index contributed by atoms with van der Waals surface area (Å²) in [5, 5.41) is 9.60. The minimum absolute atomic E-state index is 0.200. The summed E-state index contributed by atoms with van der Waals surface area (Å²) in [6.45, 7) is 5.30. The highest BCUT2D eigenvalue weighted by atomic mass is 32.1. The Kier molecular flexibility index (Phi) is 5.35. The summed E-state index contributed by atoms with van der Waals surface area (Å²) < 4.78 is 10.7. The number of nitrogens with one attached hydrogen (secondary N) is 1. The number of aromatic nitrogens is 3. The van der Waals surface area contributed by atoms with Gasteiger partial charge in [0.15, 0.2) is 0 Å². The fourth-order valence-corrected chi connectivity index (χ4v) is 4.29. The van der Waals surface area contributed by atoms with Crippen molar-refractivity contribution in [1.82, 2.24) is 20.4 Å². The second-order valence-electron chi connectivity index (χ2n) is 7.29. The summed E-state index contributed by atoms with van der Waals surface area (Å²) in [5.74, 6) is 0.726. The molecular weight excluding hydrogens is 414 g/mol. The van der Waals surface area contributed by atoms with Gasteiger partial charge in [0, 0.05) is 25.8 Å². The fraction of sp³-hybridized carbons (Fsp3) is 0.273. The molecular formula is C22H21N5O3S. The van der Waals surface area contributed by atoms with Crippen molar-refractivity contribution in [2.45, 2.75) is 13.5 Å². The van der Waals surface area contributed by atoms with Crippen molar-refractivity contribution in [2.24, 2.45) is 0 Å². The average molecular weight is 436 g/mol. The van der Waals surface area contributed by atoms with E-state index in [9.17, 15) is 4.79 Å². The molecule has 9 heteroatoms. The first-order valence-corrected chi connectivity index (χ1v) is 10.9. The summed E-state index contributed by atoms with van der Waals surface area (Å²) in [4.78, 5) is 25.3. The van der Waals surface area contributed by atoms with Crippen molar-refractivity contribution >= 4 is 34.2 Å². The highest BCUT2D eigenvalue weighted by Crippen LogP contribution is 2.29. The number of anilines is 1. The first kappa shape index (κ1) is 19.7. The molecule has 1 aliphatic heterocycles. The molecule has 1 aliphatic rings. The molecule has 0 saturated carbocycles. The van der Waals surface area contributed by atoms with Crippen LogP contribution in [0.25, 0.3) is 21.7 Å². The van der Waals surface area contributed by atoms with Crippen LogP contribution in [0, 0.1) is 6.92 Å². The number of hydrogen-bond acceptors (Lipinski definition) is 8. The molecule has 0 spiro atoms. The number of morpholine rings is 1. The van der Waals surface area contributed by atoms with Gasteiger partial charge in [0.05, 0.1) is 40.4 Å². The number of rotatable bonds is 5. The largest absolute Gasteiger partial charge is 0.378 e. The SMILES string of the molecule is Cc1noc2nc(-c3cccs3)cc(C(=O)NCc3ccc(N4CCOCC4)nc3)c12. The van der Waals surface area contributed by atoms with Gasteiger partial charge in [0.25, 0.3) is 11.6 Å². The summed E-state index contributed by atoms with van der Waals surface area (Å²) >= 11 is 1.56. The Bertz CT molecular complexity index is 1200. The second kappa shape index (κ2) is 8.44. The molecule has 1 N–H and O–H groups in total. The van der Waals surface area contributed by atoms with E-state index in [1.165, 1.54) is 0 Å². The van der Waals surface area contributed by atoms with Gasteiger partial charge in [-0.1, -0.05) is 17.3 Å². The molecule has 0 aliphatic carbocycles. The van der Waals surface area contributed by atoms with E-state index in [0.717, 1.165) is 42.6 Å². The predicted octanol–water partition coefficient (Wildman–Crippen LogP) is 3.42. The van der Waals surface area contributed by atoms with Gasteiger partial charge in [0.2, 0.25) is 0 Å². The number of carbonyl (C=O) groups is 1. The molecule has 4 aromatic rings. The number of ether oxygens (including phenoxy) is 1. The Morgan fingerprint density at radius 2 is 2.13 bits per heavy atom. The van der Waals surface area contributed by atoms with Gasteiger partial charge in [0.1, 0.15) is 5.82 Å². The van der Waals surface area contributed by atoms with Gasteiger partial charge in [-0.3, -0.25) is 4.79 Å². The Labute approximate surface area is 182 Å². The molecule has 0 radical (unpaired) electrons. The van der Waals surface area contributed by atoms with Crippen LogP contribution in [0.2, 0.25) is 0 Å². The maximum atomic E-state index is 13.1. The number of pyridine rings is 2. The van der Waals surface area contributed by atoms with E-state index < -0.39 is 0 Å². The molecule has 1 fully saturated rings. The third-order valence-corrected chi connectivity index (χ3v) is 6.13. The van der Waals surface area contributed by atoms with Gasteiger partial charge in [-0.05, 0) is 36.1 Å². The molecule has 0 atom stereocenters. The number of nitrogens with zero attached hydrogens (tertiary/aromatic N) is 4. The van der Waals surface area contributed by atoms with E-state index >= 15 is 0 Å². The molecule has 1 amide bonds. The van der Waals surface area contributed by atoms with E-state index in [0.29, 0.717) is 34.6 Å². The third-order valence-electron chi connectivity index (χ3n) is 5.23. The molecule has 31 heavy (non-hydrogen) atoms. The monoisotopic (exact) mass is 435 g/mol.